The lowest BCUT2D eigenvalue weighted by atomic mass is 10.0. The highest BCUT2D eigenvalue weighted by molar-refractivity contribution is 9.10. The minimum Gasteiger partial charge on any atom is -0.228 e. The van der Waals surface area contributed by atoms with E-state index in [0.29, 0.717) is 0 Å². The monoisotopic (exact) mass is 436 g/mol. The summed E-state index contributed by atoms with van der Waals surface area (Å²) in [6, 6.07) is 35.3. The third kappa shape index (κ3) is 3.57. The van der Waals surface area contributed by atoms with Gasteiger partial charge in [-0.2, -0.15) is 0 Å². The molecule has 5 rings (SSSR count). The average molecular weight is 437 g/mol. The zero-order valence-corrected chi connectivity index (χ0v) is 17.2. The molecule has 2 nitrogen and oxygen atoms in total. The fraction of sp³-hybridized carbons (Fsp3) is 0. The maximum atomic E-state index is 4.95. The highest BCUT2D eigenvalue weighted by Crippen LogP contribution is 2.31. The molecule has 0 saturated heterocycles. The molecule has 0 aliphatic rings. The van der Waals surface area contributed by atoms with Crippen LogP contribution >= 0.6 is 15.9 Å². The predicted octanol–water partition coefficient (Wildman–Crippen LogP) is 7.39. The van der Waals surface area contributed by atoms with E-state index < -0.39 is 0 Å². The van der Waals surface area contributed by atoms with Gasteiger partial charge < -0.3 is 0 Å². The van der Waals surface area contributed by atoms with Crippen LogP contribution in [0.5, 0.6) is 0 Å². The summed E-state index contributed by atoms with van der Waals surface area (Å²) in [7, 11) is 0. The highest BCUT2D eigenvalue weighted by atomic mass is 79.9. The first-order valence-electron chi connectivity index (χ1n) is 9.46. The van der Waals surface area contributed by atoms with Crippen molar-refractivity contribution in [3.05, 3.63) is 108 Å². The summed E-state index contributed by atoms with van der Waals surface area (Å²) in [4.78, 5) is 9.75. The van der Waals surface area contributed by atoms with Crippen LogP contribution in [0.15, 0.2) is 108 Å². The number of para-hydroxylation sites is 1. The Morgan fingerprint density at radius 3 is 1.83 bits per heavy atom. The molecule has 0 bridgehead atoms. The Bertz CT molecular complexity index is 1280. The van der Waals surface area contributed by atoms with E-state index in [1.54, 1.807) is 0 Å². The highest BCUT2D eigenvalue weighted by Gasteiger charge is 2.11. The van der Waals surface area contributed by atoms with Crippen molar-refractivity contribution in [3.63, 3.8) is 0 Å². The minimum absolute atomic E-state index is 0.735. The van der Waals surface area contributed by atoms with Gasteiger partial charge in [-0.1, -0.05) is 101 Å². The van der Waals surface area contributed by atoms with Gasteiger partial charge in [0.2, 0.25) is 0 Å². The normalized spacial score (nSPS) is 10.9. The smallest absolute Gasteiger partial charge is 0.160 e. The fourth-order valence-corrected chi connectivity index (χ4v) is 3.74. The quantitative estimate of drug-likeness (QED) is 0.294. The lowest BCUT2D eigenvalue weighted by Crippen LogP contribution is -1.95. The number of aromatic nitrogens is 2. The molecule has 3 heteroatoms. The van der Waals surface area contributed by atoms with Crippen molar-refractivity contribution in [2.75, 3.05) is 0 Å². The van der Waals surface area contributed by atoms with Crippen LogP contribution in [0.1, 0.15) is 0 Å². The topological polar surface area (TPSA) is 25.8 Å². The first-order chi connectivity index (χ1) is 14.3. The van der Waals surface area contributed by atoms with Gasteiger partial charge in [0.1, 0.15) is 0 Å². The molecule has 0 aliphatic heterocycles. The fourth-order valence-electron chi connectivity index (χ4n) is 3.48. The van der Waals surface area contributed by atoms with Crippen molar-refractivity contribution in [3.8, 4) is 33.8 Å². The molecule has 0 aliphatic carbocycles. The Morgan fingerprint density at radius 1 is 0.483 bits per heavy atom. The maximum Gasteiger partial charge on any atom is 0.160 e. The molecular formula is C26H17BrN2. The van der Waals surface area contributed by atoms with E-state index in [1.165, 1.54) is 11.1 Å². The Labute approximate surface area is 178 Å². The van der Waals surface area contributed by atoms with Crippen LogP contribution in [0.4, 0.5) is 0 Å². The number of benzene rings is 4. The first kappa shape index (κ1) is 17.8. The number of nitrogens with zero attached hydrogens (tertiary/aromatic N) is 2. The van der Waals surface area contributed by atoms with Crippen molar-refractivity contribution < 1.29 is 0 Å². The number of hydrogen-bond acceptors (Lipinski definition) is 2. The number of fused-ring (bicyclic) bond motifs is 1. The maximum absolute atomic E-state index is 4.95. The van der Waals surface area contributed by atoms with Crippen LogP contribution in [0.2, 0.25) is 0 Å². The Balaban J connectivity index is 1.64. The summed E-state index contributed by atoms with van der Waals surface area (Å²) in [5.41, 5.74) is 6.39. The molecule has 1 aromatic heterocycles. The van der Waals surface area contributed by atoms with E-state index in [2.05, 4.69) is 70.5 Å². The van der Waals surface area contributed by atoms with Crippen LogP contribution in [0.25, 0.3) is 44.7 Å². The summed E-state index contributed by atoms with van der Waals surface area (Å²) in [5, 5.41) is 1.06. The molecule has 5 aromatic rings. The van der Waals surface area contributed by atoms with Gasteiger partial charge >= 0.3 is 0 Å². The van der Waals surface area contributed by atoms with Gasteiger partial charge in [0.25, 0.3) is 0 Å². The second-order valence-corrected chi connectivity index (χ2v) is 7.78. The standard InChI is InChI=1S/C26H17BrN2/c27-22-16-14-21(15-17-22)26-28-24-9-5-4-8-23(24)25(29-26)20-12-10-19(11-13-20)18-6-2-1-3-7-18/h1-17H. The molecular weight excluding hydrogens is 420 g/mol. The molecule has 0 N–H and O–H groups in total. The third-order valence-electron chi connectivity index (χ3n) is 4.97. The van der Waals surface area contributed by atoms with Crippen molar-refractivity contribution >= 4 is 26.8 Å². The molecule has 0 radical (unpaired) electrons. The van der Waals surface area contributed by atoms with E-state index >= 15 is 0 Å². The van der Waals surface area contributed by atoms with Gasteiger partial charge in [-0.05, 0) is 29.3 Å². The second kappa shape index (κ2) is 7.61. The van der Waals surface area contributed by atoms with E-state index in [9.17, 15) is 0 Å². The van der Waals surface area contributed by atoms with Crippen LogP contribution in [0.3, 0.4) is 0 Å². The molecule has 138 valence electrons. The molecule has 0 spiro atoms. The Morgan fingerprint density at radius 2 is 1.07 bits per heavy atom. The Kier molecular flexibility index (Phi) is 4.66. The van der Waals surface area contributed by atoms with Crippen molar-refractivity contribution in [1.82, 2.24) is 9.97 Å². The van der Waals surface area contributed by atoms with Gasteiger partial charge in [-0.15, -0.1) is 0 Å². The van der Waals surface area contributed by atoms with Gasteiger partial charge in [0, 0.05) is 21.0 Å². The van der Waals surface area contributed by atoms with Gasteiger partial charge in [0.15, 0.2) is 5.82 Å². The molecule has 0 atom stereocenters. The minimum atomic E-state index is 0.735. The van der Waals surface area contributed by atoms with Crippen LogP contribution < -0.4 is 0 Å². The number of halogens is 1. The average Bonchev–Trinajstić information content (AvgIpc) is 2.79. The molecule has 0 amide bonds. The van der Waals surface area contributed by atoms with Gasteiger partial charge in [-0.3, -0.25) is 0 Å². The lowest BCUT2D eigenvalue weighted by Gasteiger charge is -2.10. The first-order valence-corrected chi connectivity index (χ1v) is 10.3. The van der Waals surface area contributed by atoms with Crippen LogP contribution in [-0.4, -0.2) is 9.97 Å². The summed E-state index contributed by atoms with van der Waals surface area (Å²) in [5.74, 6) is 0.735. The van der Waals surface area contributed by atoms with E-state index in [0.717, 1.165) is 38.0 Å². The van der Waals surface area contributed by atoms with Crippen LogP contribution in [0, 0.1) is 0 Å². The summed E-state index contributed by atoms with van der Waals surface area (Å²) >= 11 is 3.49. The zero-order chi connectivity index (χ0) is 19.6. The molecule has 29 heavy (non-hydrogen) atoms. The van der Waals surface area contributed by atoms with Crippen molar-refractivity contribution in [2.45, 2.75) is 0 Å². The number of hydrogen-bond donors (Lipinski definition) is 0. The zero-order valence-electron chi connectivity index (χ0n) is 15.6. The van der Waals surface area contributed by atoms with Crippen LogP contribution in [-0.2, 0) is 0 Å². The lowest BCUT2D eigenvalue weighted by molar-refractivity contribution is 1.23. The summed E-state index contributed by atoms with van der Waals surface area (Å²) < 4.78 is 1.04. The molecule has 4 aromatic carbocycles. The second-order valence-electron chi connectivity index (χ2n) is 6.86. The molecule has 0 saturated carbocycles. The SMILES string of the molecule is Brc1ccc(-c2nc(-c3ccc(-c4ccccc4)cc3)c3ccccc3n2)cc1. The van der Waals surface area contributed by atoms with E-state index in [1.807, 2.05) is 48.5 Å². The summed E-state index contributed by atoms with van der Waals surface area (Å²) in [6.45, 7) is 0. The molecule has 0 fully saturated rings. The molecule has 0 unspecified atom stereocenters. The van der Waals surface area contributed by atoms with Gasteiger partial charge in [0.05, 0.1) is 11.2 Å². The van der Waals surface area contributed by atoms with E-state index in [-0.39, 0.29) is 0 Å². The largest absolute Gasteiger partial charge is 0.228 e. The predicted molar refractivity (Wildman–Crippen MR) is 124 cm³/mol. The third-order valence-corrected chi connectivity index (χ3v) is 5.50. The molecule has 1 heterocycles. The summed E-state index contributed by atoms with van der Waals surface area (Å²) in [6.07, 6.45) is 0. The van der Waals surface area contributed by atoms with Crippen molar-refractivity contribution in [2.24, 2.45) is 0 Å². The van der Waals surface area contributed by atoms with Gasteiger partial charge in [-0.25, -0.2) is 9.97 Å². The Hall–Kier alpha value is -3.30. The number of rotatable bonds is 3. The van der Waals surface area contributed by atoms with E-state index in [4.69, 9.17) is 9.97 Å². The van der Waals surface area contributed by atoms with Crippen molar-refractivity contribution in [1.29, 1.82) is 0 Å².